The van der Waals surface area contributed by atoms with E-state index < -0.39 is 0 Å². The molecular formula is C101H94N26O8. The summed E-state index contributed by atoms with van der Waals surface area (Å²) in [7, 11) is 2.15. The fourth-order valence-corrected chi connectivity index (χ4v) is 18.5. The Hall–Kier alpha value is -16.3. The van der Waals surface area contributed by atoms with Gasteiger partial charge in [-0.2, -0.15) is 9.97 Å². The van der Waals surface area contributed by atoms with Crippen LogP contribution >= 0.6 is 0 Å². The van der Waals surface area contributed by atoms with Gasteiger partial charge in [0.2, 0.25) is 5.95 Å². The van der Waals surface area contributed by atoms with Crippen molar-refractivity contribution in [2.75, 3.05) is 115 Å². The van der Waals surface area contributed by atoms with E-state index in [0.717, 1.165) is 245 Å². The summed E-state index contributed by atoms with van der Waals surface area (Å²) < 4.78 is 48.8. The maximum absolute atomic E-state index is 12.9. The molecule has 26 rings (SSSR count). The summed E-state index contributed by atoms with van der Waals surface area (Å²) in [5.74, 6) is 3.94. The number of morpholine rings is 3. The van der Waals surface area contributed by atoms with Crippen LogP contribution in [0.2, 0.25) is 0 Å². The van der Waals surface area contributed by atoms with E-state index in [1.165, 1.54) is 12.8 Å². The van der Waals surface area contributed by atoms with Crippen molar-refractivity contribution in [1.82, 2.24) is 112 Å². The van der Waals surface area contributed by atoms with Gasteiger partial charge in [-0.05, 0) is 212 Å². The monoisotopic (exact) mass is 1800 g/mol. The minimum absolute atomic E-state index is 0.0115. The number of fused-ring (bicyclic) bond motifs is 12. The average Bonchev–Trinajstić information content (AvgIpc) is 1.63. The molecule has 0 saturated carbocycles. The van der Waals surface area contributed by atoms with Crippen LogP contribution in [0.5, 0.6) is 0 Å². The van der Waals surface area contributed by atoms with Gasteiger partial charge >= 0.3 is 0 Å². The second kappa shape index (κ2) is 35.4. The number of amides is 1. The molecule has 5 aliphatic heterocycles. The molecule has 5 fully saturated rings. The summed E-state index contributed by atoms with van der Waals surface area (Å²) in [5.41, 5.74) is 40.9. The molecule has 676 valence electrons. The van der Waals surface area contributed by atoms with Gasteiger partial charge in [-0.1, -0.05) is 31.4 Å². The molecule has 16 aromatic heterocycles. The van der Waals surface area contributed by atoms with Crippen molar-refractivity contribution in [3.63, 3.8) is 0 Å². The Balaban J connectivity index is 0.0000000980. The van der Waals surface area contributed by atoms with E-state index in [4.69, 9.17) is 43.3 Å². The Bertz CT molecular complexity index is 8070. The molecule has 34 nitrogen and oxygen atoms in total. The van der Waals surface area contributed by atoms with Gasteiger partial charge in [-0.3, -0.25) is 31.8 Å². The number of pyridine rings is 6. The number of aromatic nitrogens is 19. The van der Waals surface area contributed by atoms with Crippen LogP contribution in [-0.4, -0.2) is 229 Å². The van der Waals surface area contributed by atoms with Crippen LogP contribution in [-0.2, 0) is 14.2 Å². The Morgan fingerprint density at radius 2 is 0.948 bits per heavy atom. The predicted octanol–water partition coefficient (Wildman–Crippen LogP) is 16.1. The number of carbonyl (C=O) groups is 1. The van der Waals surface area contributed by atoms with E-state index in [2.05, 4.69) is 190 Å². The minimum Gasteiger partial charge on any atom is -0.441 e. The zero-order chi connectivity index (χ0) is 91.6. The first kappa shape index (κ1) is 84.3. The van der Waals surface area contributed by atoms with Gasteiger partial charge in [0.1, 0.15) is 50.5 Å². The number of aromatic amines is 1. The highest BCUT2D eigenvalue weighted by Gasteiger charge is 2.39. The topological polar surface area (TPSA) is 371 Å². The SMILES string of the molecule is C=C(c1ccc2ncc(-c3ccc4oc(N)nc4c3)n2c1)N1C2CCC1COC2.C=C(c1ccc2ncc(-c3ccc4oc(N)nc4c3)n2c1)N1CCOCC1.Cc1nc2ccc(-c3cc(C)c4nnc(-c5ccncc5)n4c3)cc2o1.Cc1nc2ccc(-c3ccc4ncc(C(=O)N5CCOCC5)n4c3)cc2[nH]1.Cc1nc2ccc(-c3ccc4nnc(N5CCN(C)CC5)n4c3)cc2o1. The lowest BCUT2D eigenvalue weighted by Gasteiger charge is -2.37. The number of nitrogens with two attached hydrogens (primary N) is 2. The quantitative estimate of drug-likeness (QED) is 0.102. The number of anilines is 3. The molecule has 135 heavy (non-hydrogen) atoms. The van der Waals surface area contributed by atoms with E-state index >= 15 is 0 Å². The number of likely N-dealkylation sites (N-methyl/N-ethyl adjacent to an activating group) is 1. The Morgan fingerprint density at radius 3 is 1.57 bits per heavy atom. The highest BCUT2D eigenvalue weighted by molar-refractivity contribution is 5.94. The van der Waals surface area contributed by atoms with Gasteiger partial charge in [0, 0.05) is 149 Å². The molecule has 2 unspecified atom stereocenters. The zero-order valence-electron chi connectivity index (χ0n) is 74.9. The minimum atomic E-state index is -0.0115. The number of rotatable bonds is 12. The van der Waals surface area contributed by atoms with Crippen LogP contribution in [0, 0.1) is 27.7 Å². The van der Waals surface area contributed by atoms with Gasteiger partial charge in [0.05, 0.1) is 92.7 Å². The molecule has 2 atom stereocenters. The van der Waals surface area contributed by atoms with Crippen molar-refractivity contribution in [2.45, 2.75) is 52.6 Å². The summed E-state index contributed by atoms with van der Waals surface area (Å²) in [6.07, 6.45) is 21.6. The van der Waals surface area contributed by atoms with Crippen molar-refractivity contribution in [3.8, 4) is 67.3 Å². The number of nitrogen functional groups attached to an aromatic ring is 2. The number of piperazine rings is 1. The van der Waals surface area contributed by atoms with Gasteiger partial charge in [0.15, 0.2) is 51.2 Å². The number of imidazole rings is 4. The molecular weight excluding hydrogens is 1710 g/mol. The van der Waals surface area contributed by atoms with Crippen LogP contribution in [0.1, 0.15) is 57.6 Å². The molecule has 1 amide bonds. The second-order valence-corrected chi connectivity index (χ2v) is 34.3. The number of oxazole rings is 4. The Morgan fingerprint density at radius 1 is 0.422 bits per heavy atom. The smallest absolute Gasteiger partial charge is 0.292 e. The third-order valence-corrected chi connectivity index (χ3v) is 25.4. The third kappa shape index (κ3) is 16.8. The predicted molar refractivity (Wildman–Crippen MR) is 516 cm³/mol. The molecule has 5 aromatic carbocycles. The molecule has 0 aliphatic carbocycles. The standard InChI is InChI=1S/C22H21N5O2.2C20H19N5O2.C20H15N5O.C19H20N6O/c1-13(27-16-4-5-17(27)12-28-11-16)15-3-7-21-24-9-19(26(21)10-15)14-2-6-20-18(8-14)25-22(23)29-20;1-13-22-16-4-2-14(10-17(16)23-13)15-3-5-19-21-11-18(25(19)12-15)20(26)24-6-8-27-9-7-24;1-13(24-6-8-26-9-7-24)15-3-5-19-22-11-17(25(19)12-15)14-2-4-18-16(10-14)23-20(21)27-18;1-12-9-16(15-3-4-17-18(10-15)26-13(2)22-17)11-25-19(12)23-24-20(25)14-5-7-21-8-6-14;1-13-20-16-5-3-14(11-17(16)26-13)15-4-6-18-21-22-19(25(18)12-15)24-9-7-23(2)8-10-24/h2-3,6-10,16-17H,1,4-5,11-12H2,(H2,23,25);2-5,10-12H,6-9H2,1H3,(H,22,23);2-5,10-12H,1,6-9H2,(H2,21,23);3-11H,1-2H3;3-6,11-12H,7-10H2,1-2H3. The van der Waals surface area contributed by atoms with Crippen molar-refractivity contribution in [2.24, 2.45) is 0 Å². The largest absolute Gasteiger partial charge is 0.441 e. The maximum Gasteiger partial charge on any atom is 0.292 e. The molecule has 34 heteroatoms. The van der Waals surface area contributed by atoms with Crippen molar-refractivity contribution < 1.29 is 36.7 Å². The molecule has 5 N–H and O–H groups in total. The summed E-state index contributed by atoms with van der Waals surface area (Å²) in [5, 5.41) is 17.5. The third-order valence-electron chi connectivity index (χ3n) is 25.4. The van der Waals surface area contributed by atoms with E-state index in [-0.39, 0.29) is 17.9 Å². The van der Waals surface area contributed by atoms with E-state index in [1.54, 1.807) is 18.6 Å². The molecule has 0 spiro atoms. The van der Waals surface area contributed by atoms with Gasteiger partial charge < -0.3 is 72.8 Å². The van der Waals surface area contributed by atoms with Crippen LogP contribution in [0.4, 0.5) is 18.0 Å². The van der Waals surface area contributed by atoms with Crippen molar-refractivity contribution in [1.29, 1.82) is 0 Å². The molecule has 21 aromatic rings. The number of hydrogen-bond acceptors (Lipinski definition) is 27. The van der Waals surface area contributed by atoms with Gasteiger partial charge in [-0.15, -0.1) is 20.4 Å². The van der Waals surface area contributed by atoms with Crippen LogP contribution in [0.25, 0.3) is 162 Å². The normalized spacial score (nSPS) is 15.8. The maximum atomic E-state index is 12.9. The summed E-state index contributed by atoms with van der Waals surface area (Å²) in [4.78, 5) is 66.5. The van der Waals surface area contributed by atoms with Crippen molar-refractivity contribution in [3.05, 3.63) is 273 Å². The van der Waals surface area contributed by atoms with Crippen LogP contribution in [0.3, 0.4) is 0 Å². The zero-order valence-corrected chi connectivity index (χ0v) is 74.9. The number of nitrogens with one attached hydrogen (secondary N) is 1. The number of benzene rings is 5. The van der Waals surface area contributed by atoms with E-state index in [9.17, 15) is 4.79 Å². The van der Waals surface area contributed by atoms with E-state index in [0.29, 0.717) is 67.0 Å². The molecule has 5 aliphatic rings. The van der Waals surface area contributed by atoms with Crippen LogP contribution in [0.15, 0.2) is 251 Å². The lowest BCUT2D eigenvalue weighted by atomic mass is 10.1. The van der Waals surface area contributed by atoms with Gasteiger partial charge in [-0.25, -0.2) is 29.9 Å². The second-order valence-electron chi connectivity index (χ2n) is 34.3. The highest BCUT2D eigenvalue weighted by Crippen LogP contribution is 2.39. The molecule has 0 radical (unpaired) electrons. The number of nitrogens with zero attached hydrogens (tertiary/aromatic N) is 23. The number of hydrogen-bond donors (Lipinski definition) is 3. The van der Waals surface area contributed by atoms with Gasteiger partial charge in [0.25, 0.3) is 17.9 Å². The Kier molecular flexibility index (Phi) is 22.1. The lowest BCUT2D eigenvalue weighted by molar-refractivity contribution is 0.0156. The first-order valence-electron chi connectivity index (χ1n) is 44.9. The number of aryl methyl sites for hydroxylation is 4. The van der Waals surface area contributed by atoms with E-state index in [1.807, 2.05) is 175 Å². The summed E-state index contributed by atoms with van der Waals surface area (Å²) in [6.45, 7) is 27.6. The molecule has 5 saturated heterocycles. The fraction of sp³-hybridized carbons (Fsp3) is 0.228. The summed E-state index contributed by atoms with van der Waals surface area (Å²) in [6, 6.07) is 53.4. The average molecular weight is 1800 g/mol. The molecule has 2 bridgehead atoms. The lowest BCUT2D eigenvalue weighted by Crippen LogP contribution is -2.45. The first-order chi connectivity index (χ1) is 65.9. The van der Waals surface area contributed by atoms with Crippen LogP contribution < -0.4 is 16.4 Å². The first-order valence-corrected chi connectivity index (χ1v) is 44.9. The van der Waals surface area contributed by atoms with Crippen molar-refractivity contribution >= 4 is 119 Å². The number of H-pyrrole nitrogens is 1. The Labute approximate surface area is 771 Å². The summed E-state index contributed by atoms with van der Waals surface area (Å²) >= 11 is 0. The fourth-order valence-electron chi connectivity index (χ4n) is 18.5. The highest BCUT2D eigenvalue weighted by atomic mass is 16.5. The molecule has 21 heterocycles. The number of ether oxygens (including phenoxy) is 3. The number of carbonyl (C=O) groups excluding carboxylic acids is 1.